The summed E-state index contributed by atoms with van der Waals surface area (Å²) in [6, 6.07) is 5.97. The van der Waals surface area contributed by atoms with Gasteiger partial charge in [-0.3, -0.25) is 4.79 Å². The molecule has 3 aliphatic carbocycles. The van der Waals surface area contributed by atoms with Gasteiger partial charge in [0, 0.05) is 11.8 Å². The van der Waals surface area contributed by atoms with E-state index < -0.39 is 0 Å². The van der Waals surface area contributed by atoms with Gasteiger partial charge in [0.2, 0.25) is 0 Å². The number of carbonyl (C=O) groups excluding carboxylic acids is 1. The highest BCUT2D eigenvalue weighted by Crippen LogP contribution is 2.63. The summed E-state index contributed by atoms with van der Waals surface area (Å²) in [4.78, 5) is 12.7. The summed E-state index contributed by atoms with van der Waals surface area (Å²) in [5.74, 6) is 3.83. The van der Waals surface area contributed by atoms with E-state index in [1.54, 1.807) is 0 Å². The molecule has 0 spiro atoms. The molecule has 0 radical (unpaired) electrons. The summed E-state index contributed by atoms with van der Waals surface area (Å²) in [5, 5.41) is 9.87. The van der Waals surface area contributed by atoms with E-state index >= 15 is 0 Å². The van der Waals surface area contributed by atoms with Crippen LogP contribution < -0.4 is 0 Å². The quantitative estimate of drug-likeness (QED) is 0.816. The Bertz CT molecular complexity index is 649. The number of phenolic OH excluding ortho intramolecular Hbond substituents is 1. The fourth-order valence-corrected chi connectivity index (χ4v) is 6.42. The molecular weight excluding hydrogens is 284 g/mol. The third-order valence-electron chi connectivity index (χ3n) is 7.42. The highest BCUT2D eigenvalue weighted by molar-refractivity contribution is 5.87. The fraction of sp³-hybridized carbons (Fsp3) is 0.667. The van der Waals surface area contributed by atoms with Crippen LogP contribution in [-0.4, -0.2) is 10.9 Å². The Balaban J connectivity index is 1.81. The Labute approximate surface area is 139 Å². The molecule has 0 bridgehead atoms. The molecule has 4 rings (SSSR count). The van der Waals surface area contributed by atoms with Crippen LogP contribution in [0.5, 0.6) is 5.75 Å². The van der Waals surface area contributed by atoms with Crippen LogP contribution in [0, 0.1) is 29.1 Å². The van der Waals surface area contributed by atoms with Crippen molar-refractivity contribution in [3.8, 4) is 5.75 Å². The minimum Gasteiger partial charge on any atom is -0.508 e. The van der Waals surface area contributed by atoms with Crippen LogP contribution in [0.25, 0.3) is 0 Å². The maximum atomic E-state index is 12.7. The minimum atomic E-state index is -0.0809. The highest BCUT2D eigenvalue weighted by Gasteiger charge is 2.59. The molecule has 0 aromatic heterocycles. The monoisotopic (exact) mass is 312 g/mol. The van der Waals surface area contributed by atoms with E-state index in [1.807, 2.05) is 12.1 Å². The van der Waals surface area contributed by atoms with Gasteiger partial charge in [0.1, 0.15) is 11.5 Å². The molecule has 0 aliphatic heterocycles. The van der Waals surface area contributed by atoms with Crippen molar-refractivity contribution >= 4 is 5.78 Å². The first kappa shape index (κ1) is 15.2. The SMILES string of the molecule is CC[C@@H]1Cc2cc(O)ccc2C2CC[C@]3(C)C(=O)C[C@@H](C)[C@H]3[C@@H]21. The first-order chi connectivity index (χ1) is 11.0. The second kappa shape index (κ2) is 5.09. The van der Waals surface area contributed by atoms with Crippen LogP contribution in [0.3, 0.4) is 0 Å². The summed E-state index contributed by atoms with van der Waals surface area (Å²) in [6.07, 6.45) is 5.19. The molecule has 2 heteroatoms. The molecule has 1 N–H and O–H groups in total. The van der Waals surface area contributed by atoms with Gasteiger partial charge in [0.25, 0.3) is 0 Å². The Kier molecular flexibility index (Phi) is 3.37. The zero-order valence-electron chi connectivity index (χ0n) is 14.5. The average Bonchev–Trinajstić information content (AvgIpc) is 2.75. The molecule has 0 saturated heterocycles. The lowest BCUT2D eigenvalue weighted by atomic mass is 9.51. The number of Topliss-reactive ketones (excluding diaryl/α,β-unsaturated/α-hetero) is 1. The third kappa shape index (κ3) is 2.03. The fourth-order valence-electron chi connectivity index (χ4n) is 6.42. The topological polar surface area (TPSA) is 37.3 Å². The number of benzene rings is 1. The lowest BCUT2D eigenvalue weighted by molar-refractivity contribution is -0.130. The first-order valence-electron chi connectivity index (χ1n) is 9.30. The average molecular weight is 312 g/mol. The van der Waals surface area contributed by atoms with Crippen LogP contribution >= 0.6 is 0 Å². The van der Waals surface area contributed by atoms with Crippen molar-refractivity contribution in [2.45, 2.75) is 58.8 Å². The van der Waals surface area contributed by atoms with Crippen LogP contribution in [0.1, 0.15) is 63.5 Å². The smallest absolute Gasteiger partial charge is 0.139 e. The first-order valence-corrected chi connectivity index (χ1v) is 9.30. The number of fused-ring (bicyclic) bond motifs is 5. The largest absolute Gasteiger partial charge is 0.508 e. The standard InChI is InChI=1S/C21H28O2/c1-4-13-10-14-11-15(22)5-6-16(14)17-7-8-21(3)18(23)9-12(2)20(21)19(13)17/h5-6,11-13,17,19-20,22H,4,7-10H2,1-3H3/t12-,13-,17?,19-,20+,21-/m1/s1. The predicted molar refractivity (Wildman–Crippen MR) is 91.4 cm³/mol. The van der Waals surface area contributed by atoms with E-state index in [9.17, 15) is 9.90 Å². The number of ketones is 1. The molecule has 1 aromatic rings. The maximum absolute atomic E-state index is 12.7. The van der Waals surface area contributed by atoms with Gasteiger partial charge in [-0.15, -0.1) is 0 Å². The second-order valence-electron chi connectivity index (χ2n) is 8.53. The lowest BCUT2D eigenvalue weighted by Gasteiger charge is -2.52. The molecule has 1 unspecified atom stereocenters. The van der Waals surface area contributed by atoms with Crippen molar-refractivity contribution in [2.24, 2.45) is 29.1 Å². The van der Waals surface area contributed by atoms with Gasteiger partial charge in [-0.1, -0.05) is 33.3 Å². The molecule has 2 nitrogen and oxygen atoms in total. The normalized spacial score (nSPS) is 42.0. The van der Waals surface area contributed by atoms with Gasteiger partial charge >= 0.3 is 0 Å². The van der Waals surface area contributed by atoms with Crippen molar-refractivity contribution in [3.63, 3.8) is 0 Å². The highest BCUT2D eigenvalue weighted by atomic mass is 16.3. The summed E-state index contributed by atoms with van der Waals surface area (Å²) in [5.41, 5.74) is 2.72. The summed E-state index contributed by atoms with van der Waals surface area (Å²) in [7, 11) is 0. The molecule has 1 aromatic carbocycles. The van der Waals surface area contributed by atoms with E-state index in [4.69, 9.17) is 0 Å². The van der Waals surface area contributed by atoms with Crippen LogP contribution in [0.2, 0.25) is 0 Å². The van der Waals surface area contributed by atoms with Gasteiger partial charge in [-0.05, 0) is 72.1 Å². The molecule has 124 valence electrons. The van der Waals surface area contributed by atoms with Gasteiger partial charge in [0.05, 0.1) is 0 Å². The second-order valence-corrected chi connectivity index (χ2v) is 8.53. The Hall–Kier alpha value is -1.31. The Morgan fingerprint density at radius 3 is 2.83 bits per heavy atom. The van der Waals surface area contributed by atoms with Gasteiger partial charge < -0.3 is 5.11 Å². The molecule has 0 amide bonds. The Morgan fingerprint density at radius 1 is 1.30 bits per heavy atom. The van der Waals surface area contributed by atoms with Crippen LogP contribution in [-0.2, 0) is 11.2 Å². The molecule has 0 heterocycles. The summed E-state index contributed by atoms with van der Waals surface area (Å²) in [6.45, 7) is 6.84. The number of phenols is 1. The zero-order chi connectivity index (χ0) is 16.4. The molecular formula is C21H28O2. The van der Waals surface area contributed by atoms with Crippen molar-refractivity contribution in [1.29, 1.82) is 0 Å². The van der Waals surface area contributed by atoms with E-state index in [0.717, 1.165) is 25.7 Å². The lowest BCUT2D eigenvalue weighted by Crippen LogP contribution is -2.47. The third-order valence-corrected chi connectivity index (χ3v) is 7.42. The van der Waals surface area contributed by atoms with E-state index in [-0.39, 0.29) is 5.41 Å². The number of rotatable bonds is 1. The van der Waals surface area contributed by atoms with Gasteiger partial charge in [-0.25, -0.2) is 0 Å². The van der Waals surface area contributed by atoms with Crippen LogP contribution in [0.4, 0.5) is 0 Å². The Morgan fingerprint density at radius 2 is 2.09 bits per heavy atom. The summed E-state index contributed by atoms with van der Waals surface area (Å²) >= 11 is 0. The molecule has 2 fully saturated rings. The number of hydrogen-bond donors (Lipinski definition) is 1. The molecule has 23 heavy (non-hydrogen) atoms. The number of carbonyl (C=O) groups is 1. The van der Waals surface area contributed by atoms with Gasteiger partial charge in [-0.2, -0.15) is 0 Å². The zero-order valence-corrected chi connectivity index (χ0v) is 14.5. The molecule has 2 saturated carbocycles. The number of hydrogen-bond acceptors (Lipinski definition) is 2. The van der Waals surface area contributed by atoms with Crippen molar-refractivity contribution in [3.05, 3.63) is 29.3 Å². The van der Waals surface area contributed by atoms with Crippen molar-refractivity contribution < 1.29 is 9.90 Å². The van der Waals surface area contributed by atoms with E-state index in [0.29, 0.717) is 41.1 Å². The summed E-state index contributed by atoms with van der Waals surface area (Å²) < 4.78 is 0. The van der Waals surface area contributed by atoms with Crippen LogP contribution in [0.15, 0.2) is 18.2 Å². The number of aromatic hydroxyl groups is 1. The molecule has 6 atom stereocenters. The van der Waals surface area contributed by atoms with Gasteiger partial charge in [0.15, 0.2) is 0 Å². The molecule has 3 aliphatic rings. The predicted octanol–water partition coefficient (Wildman–Crippen LogP) is 4.70. The van der Waals surface area contributed by atoms with Crippen molar-refractivity contribution in [2.75, 3.05) is 0 Å². The maximum Gasteiger partial charge on any atom is 0.139 e. The van der Waals surface area contributed by atoms with Crippen molar-refractivity contribution in [1.82, 2.24) is 0 Å². The van der Waals surface area contributed by atoms with E-state index in [1.165, 1.54) is 17.5 Å². The van der Waals surface area contributed by atoms with E-state index in [2.05, 4.69) is 26.8 Å². The minimum absolute atomic E-state index is 0.0809.